The van der Waals surface area contributed by atoms with Gasteiger partial charge in [0.25, 0.3) is 0 Å². The number of halogens is 1. The van der Waals surface area contributed by atoms with Crippen LogP contribution in [0.5, 0.6) is 0 Å². The molecule has 0 spiro atoms. The minimum atomic E-state index is -0.529. The molecule has 0 fully saturated rings. The zero-order chi connectivity index (χ0) is 15.8. The van der Waals surface area contributed by atoms with Gasteiger partial charge in [-0.1, -0.05) is 38.4 Å². The molecule has 0 aliphatic carbocycles. The Kier molecular flexibility index (Phi) is 4.10. The van der Waals surface area contributed by atoms with Crippen LogP contribution in [0.25, 0.3) is 11.5 Å². The molecule has 0 aliphatic rings. The molecule has 2 aromatic rings. The fraction of sp³-hybridized carbons (Fsp3) is 0.375. The molecule has 4 nitrogen and oxygen atoms in total. The van der Waals surface area contributed by atoms with E-state index in [2.05, 4.69) is 4.98 Å². The summed E-state index contributed by atoms with van der Waals surface area (Å²) >= 11 is 6.13. The molecule has 1 aromatic carbocycles. The highest BCUT2D eigenvalue weighted by Gasteiger charge is 2.30. The SMILES string of the molecule is COC(=O)c1oc(-c2cccc(Cl)c2C)nc1C(C)(C)C. The molecule has 1 aromatic heterocycles. The van der Waals surface area contributed by atoms with Crippen molar-refractivity contribution in [2.45, 2.75) is 33.1 Å². The lowest BCUT2D eigenvalue weighted by Gasteiger charge is -2.15. The second-order valence-corrected chi connectivity index (χ2v) is 6.26. The molecule has 5 heteroatoms. The van der Waals surface area contributed by atoms with Crippen molar-refractivity contribution in [2.75, 3.05) is 7.11 Å². The molecule has 2 rings (SSSR count). The molecule has 0 bridgehead atoms. The first kappa shape index (κ1) is 15.6. The van der Waals surface area contributed by atoms with Crippen LogP contribution in [0, 0.1) is 6.92 Å². The molecule has 0 atom stereocenters. The number of hydrogen-bond acceptors (Lipinski definition) is 4. The van der Waals surface area contributed by atoms with E-state index in [1.807, 2.05) is 39.8 Å². The standard InChI is InChI=1S/C16H18ClNO3/c1-9-10(7-6-8-11(9)17)14-18-13(16(2,3)4)12(21-14)15(19)20-5/h6-8H,1-5H3. The van der Waals surface area contributed by atoms with E-state index in [9.17, 15) is 4.79 Å². The van der Waals surface area contributed by atoms with E-state index in [0.29, 0.717) is 16.6 Å². The number of oxazole rings is 1. The maximum Gasteiger partial charge on any atom is 0.376 e. The lowest BCUT2D eigenvalue weighted by Crippen LogP contribution is -2.17. The van der Waals surface area contributed by atoms with E-state index in [1.165, 1.54) is 7.11 Å². The number of carbonyl (C=O) groups excluding carboxylic acids is 1. The summed E-state index contributed by atoms with van der Waals surface area (Å²) in [5, 5.41) is 0.627. The Labute approximate surface area is 129 Å². The Morgan fingerprint density at radius 2 is 2.00 bits per heavy atom. The number of nitrogens with zero attached hydrogens (tertiary/aromatic N) is 1. The smallest absolute Gasteiger partial charge is 0.376 e. The summed E-state index contributed by atoms with van der Waals surface area (Å²) in [4.78, 5) is 16.4. The lowest BCUT2D eigenvalue weighted by atomic mass is 9.91. The summed E-state index contributed by atoms with van der Waals surface area (Å²) in [5.74, 6) is -0.0157. The maximum absolute atomic E-state index is 11.9. The number of hydrogen-bond donors (Lipinski definition) is 0. The van der Waals surface area contributed by atoms with Crippen LogP contribution < -0.4 is 0 Å². The highest BCUT2D eigenvalue weighted by Crippen LogP contribution is 2.33. The van der Waals surface area contributed by atoms with Crippen molar-refractivity contribution in [2.24, 2.45) is 0 Å². The first-order valence-electron chi connectivity index (χ1n) is 6.60. The minimum Gasteiger partial charge on any atom is -0.463 e. The van der Waals surface area contributed by atoms with Crippen LogP contribution >= 0.6 is 11.6 Å². The van der Waals surface area contributed by atoms with E-state index in [1.54, 1.807) is 6.07 Å². The van der Waals surface area contributed by atoms with Crippen molar-refractivity contribution >= 4 is 17.6 Å². The van der Waals surface area contributed by atoms with Gasteiger partial charge < -0.3 is 9.15 Å². The first-order chi connectivity index (χ1) is 9.75. The minimum absolute atomic E-state index is 0.138. The maximum atomic E-state index is 11.9. The van der Waals surface area contributed by atoms with Crippen molar-refractivity contribution in [3.05, 3.63) is 40.2 Å². The Bertz CT molecular complexity index is 683. The van der Waals surface area contributed by atoms with Crippen LogP contribution in [0.3, 0.4) is 0 Å². The largest absolute Gasteiger partial charge is 0.463 e. The quantitative estimate of drug-likeness (QED) is 0.772. The second-order valence-electron chi connectivity index (χ2n) is 5.85. The number of rotatable bonds is 2. The summed E-state index contributed by atoms with van der Waals surface area (Å²) in [6.07, 6.45) is 0. The zero-order valence-corrected chi connectivity index (χ0v) is 13.5. The van der Waals surface area contributed by atoms with Crippen LogP contribution in [-0.4, -0.2) is 18.1 Å². The van der Waals surface area contributed by atoms with Gasteiger partial charge in [0.05, 0.1) is 7.11 Å². The van der Waals surface area contributed by atoms with Gasteiger partial charge in [-0.2, -0.15) is 0 Å². The molecule has 0 saturated carbocycles. The van der Waals surface area contributed by atoms with Gasteiger partial charge in [-0.05, 0) is 24.6 Å². The molecule has 0 radical (unpaired) electrons. The van der Waals surface area contributed by atoms with Crippen molar-refractivity contribution < 1.29 is 13.9 Å². The van der Waals surface area contributed by atoms with E-state index in [-0.39, 0.29) is 11.2 Å². The zero-order valence-electron chi connectivity index (χ0n) is 12.8. The lowest BCUT2D eigenvalue weighted by molar-refractivity contribution is 0.0562. The predicted octanol–water partition coefficient (Wildman–Crippen LogP) is 4.39. The fourth-order valence-electron chi connectivity index (χ4n) is 2.01. The highest BCUT2D eigenvalue weighted by atomic mass is 35.5. The number of esters is 1. The fourth-order valence-corrected chi connectivity index (χ4v) is 2.19. The van der Waals surface area contributed by atoms with E-state index in [0.717, 1.165) is 11.1 Å². The normalized spacial score (nSPS) is 11.5. The van der Waals surface area contributed by atoms with Gasteiger partial charge in [-0.25, -0.2) is 9.78 Å². The summed E-state index contributed by atoms with van der Waals surface area (Å²) in [5.41, 5.74) is 1.86. The van der Waals surface area contributed by atoms with Gasteiger partial charge in [0, 0.05) is 16.0 Å². The number of ether oxygens (including phenoxy) is 1. The van der Waals surface area contributed by atoms with E-state index < -0.39 is 5.97 Å². The van der Waals surface area contributed by atoms with E-state index >= 15 is 0 Å². The van der Waals surface area contributed by atoms with Crippen molar-refractivity contribution in [3.63, 3.8) is 0 Å². The van der Waals surface area contributed by atoms with Crippen molar-refractivity contribution in [1.82, 2.24) is 4.98 Å². The third-order valence-electron chi connectivity index (χ3n) is 3.21. The van der Waals surface area contributed by atoms with Crippen molar-refractivity contribution in [3.8, 4) is 11.5 Å². The summed E-state index contributed by atoms with van der Waals surface area (Å²) in [6, 6.07) is 5.49. The molecular weight excluding hydrogens is 290 g/mol. The topological polar surface area (TPSA) is 52.3 Å². The summed E-state index contributed by atoms with van der Waals surface area (Å²) < 4.78 is 10.4. The molecule has 0 unspecified atom stereocenters. The summed E-state index contributed by atoms with van der Waals surface area (Å²) in [6.45, 7) is 7.78. The average Bonchev–Trinajstić information content (AvgIpc) is 2.86. The average molecular weight is 308 g/mol. The van der Waals surface area contributed by atoms with Crippen molar-refractivity contribution in [1.29, 1.82) is 0 Å². The Hall–Kier alpha value is -1.81. The molecule has 21 heavy (non-hydrogen) atoms. The Morgan fingerprint density at radius 1 is 1.33 bits per heavy atom. The Morgan fingerprint density at radius 3 is 2.57 bits per heavy atom. The molecule has 0 amide bonds. The molecule has 112 valence electrons. The number of carbonyl (C=O) groups is 1. The first-order valence-corrected chi connectivity index (χ1v) is 6.98. The molecular formula is C16H18ClNO3. The molecule has 0 aliphatic heterocycles. The number of aromatic nitrogens is 1. The molecule has 0 saturated heterocycles. The van der Waals surface area contributed by atoms with Crippen LogP contribution in [0.4, 0.5) is 0 Å². The predicted molar refractivity (Wildman–Crippen MR) is 81.7 cm³/mol. The van der Waals surface area contributed by atoms with Crippen LogP contribution in [0.15, 0.2) is 22.6 Å². The third-order valence-corrected chi connectivity index (χ3v) is 3.62. The number of methoxy groups -OCH3 is 1. The van der Waals surface area contributed by atoms with Gasteiger partial charge in [-0.15, -0.1) is 0 Å². The van der Waals surface area contributed by atoms with Gasteiger partial charge >= 0.3 is 5.97 Å². The second kappa shape index (κ2) is 5.53. The van der Waals surface area contributed by atoms with Gasteiger partial charge in [-0.3, -0.25) is 0 Å². The van der Waals surface area contributed by atoms with Crippen LogP contribution in [-0.2, 0) is 10.2 Å². The van der Waals surface area contributed by atoms with Gasteiger partial charge in [0.1, 0.15) is 5.69 Å². The molecule has 0 N–H and O–H groups in total. The highest BCUT2D eigenvalue weighted by molar-refractivity contribution is 6.31. The Balaban J connectivity index is 2.64. The number of benzene rings is 1. The van der Waals surface area contributed by atoms with E-state index in [4.69, 9.17) is 20.8 Å². The van der Waals surface area contributed by atoms with Crippen LogP contribution in [0.2, 0.25) is 5.02 Å². The molecule has 1 heterocycles. The summed E-state index contributed by atoms with van der Waals surface area (Å²) in [7, 11) is 1.32. The van der Waals surface area contributed by atoms with Gasteiger partial charge in [0.2, 0.25) is 11.7 Å². The monoisotopic (exact) mass is 307 g/mol. The van der Waals surface area contributed by atoms with Crippen LogP contribution in [0.1, 0.15) is 42.6 Å². The van der Waals surface area contributed by atoms with Gasteiger partial charge in [0.15, 0.2) is 0 Å². The third kappa shape index (κ3) is 2.95.